The molecule has 0 fully saturated rings. The lowest BCUT2D eigenvalue weighted by Gasteiger charge is -2.08. The molecular formula is C11H7BrF2N4O3. The van der Waals surface area contributed by atoms with Gasteiger partial charge in [0, 0.05) is 10.5 Å². The van der Waals surface area contributed by atoms with E-state index in [2.05, 4.69) is 26.3 Å². The maximum atomic E-state index is 13.5. The summed E-state index contributed by atoms with van der Waals surface area (Å²) in [4.78, 5) is 21.5. The van der Waals surface area contributed by atoms with Crippen molar-refractivity contribution < 1.29 is 18.5 Å². The summed E-state index contributed by atoms with van der Waals surface area (Å²) in [6.07, 6.45) is 2.05. The highest BCUT2D eigenvalue weighted by Gasteiger charge is 2.15. The van der Waals surface area contributed by atoms with Gasteiger partial charge in [0.1, 0.15) is 24.8 Å². The van der Waals surface area contributed by atoms with Crippen molar-refractivity contribution in [1.82, 2.24) is 9.78 Å². The third kappa shape index (κ3) is 3.60. The van der Waals surface area contributed by atoms with Crippen LogP contribution in [-0.4, -0.2) is 20.6 Å². The van der Waals surface area contributed by atoms with E-state index in [1.165, 1.54) is 0 Å². The normalized spacial score (nSPS) is 10.4. The van der Waals surface area contributed by atoms with Gasteiger partial charge in [-0.05, 0) is 22.0 Å². The minimum Gasteiger partial charge on any atom is -0.321 e. The van der Waals surface area contributed by atoms with Gasteiger partial charge in [-0.25, -0.2) is 8.78 Å². The van der Waals surface area contributed by atoms with Gasteiger partial charge in [0.25, 0.3) is 0 Å². The number of rotatable bonds is 4. The first-order valence-electron chi connectivity index (χ1n) is 5.48. The molecule has 21 heavy (non-hydrogen) atoms. The molecule has 0 radical (unpaired) electrons. The molecule has 0 aliphatic carbocycles. The maximum Gasteiger partial charge on any atom is 0.307 e. The van der Waals surface area contributed by atoms with E-state index in [1.807, 2.05) is 0 Å². The SMILES string of the molecule is O=C(Cn1cc([N+](=O)[O-])cn1)Nc1c(F)cc(F)cc1Br. The minimum absolute atomic E-state index is 0.0415. The van der Waals surface area contributed by atoms with Crippen LogP contribution in [0.1, 0.15) is 0 Å². The van der Waals surface area contributed by atoms with Gasteiger partial charge in [0.05, 0.1) is 10.6 Å². The highest BCUT2D eigenvalue weighted by molar-refractivity contribution is 9.10. The second-order valence-electron chi connectivity index (χ2n) is 3.95. The summed E-state index contributed by atoms with van der Waals surface area (Å²) in [6, 6.07) is 1.62. The van der Waals surface area contributed by atoms with E-state index in [9.17, 15) is 23.7 Å². The molecule has 1 heterocycles. The van der Waals surface area contributed by atoms with Gasteiger partial charge in [-0.1, -0.05) is 0 Å². The molecule has 2 rings (SSSR count). The third-order valence-corrected chi connectivity index (χ3v) is 3.03. The van der Waals surface area contributed by atoms with Crippen molar-refractivity contribution in [2.45, 2.75) is 6.54 Å². The number of hydrogen-bond donors (Lipinski definition) is 1. The second-order valence-corrected chi connectivity index (χ2v) is 4.80. The third-order valence-electron chi connectivity index (χ3n) is 2.41. The molecule has 1 N–H and O–H groups in total. The predicted molar refractivity (Wildman–Crippen MR) is 71.6 cm³/mol. The van der Waals surface area contributed by atoms with Crippen molar-refractivity contribution in [3.05, 3.63) is 50.7 Å². The number of nitro groups is 1. The Labute approximate surface area is 124 Å². The molecule has 10 heteroatoms. The summed E-state index contributed by atoms with van der Waals surface area (Å²) in [5.41, 5.74) is -0.486. The molecule has 0 spiro atoms. The Kier molecular flexibility index (Phi) is 4.26. The van der Waals surface area contributed by atoms with Crippen molar-refractivity contribution in [3.8, 4) is 0 Å². The molecule has 7 nitrogen and oxygen atoms in total. The van der Waals surface area contributed by atoms with E-state index >= 15 is 0 Å². The van der Waals surface area contributed by atoms with Gasteiger partial charge >= 0.3 is 5.69 Å². The predicted octanol–water partition coefficient (Wildman–Crippen LogP) is 2.47. The molecule has 0 unspecified atom stereocenters. The van der Waals surface area contributed by atoms with Crippen LogP contribution in [-0.2, 0) is 11.3 Å². The first-order chi connectivity index (χ1) is 9.86. The van der Waals surface area contributed by atoms with Crippen LogP contribution in [0.5, 0.6) is 0 Å². The quantitative estimate of drug-likeness (QED) is 0.669. The zero-order valence-electron chi connectivity index (χ0n) is 10.2. The number of nitrogens with one attached hydrogen (secondary N) is 1. The Bertz CT molecular complexity index is 696. The molecule has 0 saturated carbocycles. The molecule has 0 aliphatic rings. The van der Waals surface area contributed by atoms with Gasteiger partial charge in [-0.2, -0.15) is 5.10 Å². The van der Waals surface area contributed by atoms with Gasteiger partial charge < -0.3 is 5.32 Å². The molecular weight excluding hydrogens is 354 g/mol. The molecule has 1 amide bonds. The Morgan fingerprint density at radius 2 is 2.19 bits per heavy atom. The van der Waals surface area contributed by atoms with Crippen LogP contribution in [0.2, 0.25) is 0 Å². The van der Waals surface area contributed by atoms with Gasteiger partial charge in [-0.3, -0.25) is 19.6 Å². The monoisotopic (exact) mass is 360 g/mol. The highest BCUT2D eigenvalue weighted by atomic mass is 79.9. The number of aromatic nitrogens is 2. The number of nitrogens with zero attached hydrogens (tertiary/aromatic N) is 3. The standard InChI is InChI=1S/C11H7BrF2N4O3/c12-8-1-6(13)2-9(14)11(8)16-10(19)5-17-4-7(3-15-17)18(20)21/h1-4H,5H2,(H,16,19). The lowest BCUT2D eigenvalue weighted by molar-refractivity contribution is -0.385. The number of carbonyl (C=O) groups is 1. The van der Waals surface area contributed by atoms with Crippen molar-refractivity contribution >= 4 is 33.2 Å². The van der Waals surface area contributed by atoms with E-state index in [4.69, 9.17) is 0 Å². The summed E-state index contributed by atoms with van der Waals surface area (Å²) < 4.78 is 27.5. The van der Waals surface area contributed by atoms with Crippen LogP contribution in [0.3, 0.4) is 0 Å². The number of amides is 1. The van der Waals surface area contributed by atoms with Gasteiger partial charge in [0.2, 0.25) is 5.91 Å². The zero-order valence-corrected chi connectivity index (χ0v) is 11.8. The Balaban J connectivity index is 2.10. The van der Waals surface area contributed by atoms with E-state index in [0.717, 1.165) is 23.1 Å². The first kappa shape index (κ1) is 15.0. The largest absolute Gasteiger partial charge is 0.321 e. The highest BCUT2D eigenvalue weighted by Crippen LogP contribution is 2.26. The van der Waals surface area contributed by atoms with E-state index in [0.29, 0.717) is 6.07 Å². The average molecular weight is 361 g/mol. The summed E-state index contributed by atoms with van der Waals surface area (Å²) in [5, 5.41) is 16.3. The van der Waals surface area contributed by atoms with Crippen LogP contribution in [0, 0.1) is 21.7 Å². The molecule has 0 aliphatic heterocycles. The Morgan fingerprint density at radius 3 is 2.76 bits per heavy atom. The lowest BCUT2D eigenvalue weighted by atomic mass is 10.3. The number of hydrogen-bond acceptors (Lipinski definition) is 4. The van der Waals surface area contributed by atoms with E-state index in [-0.39, 0.29) is 22.4 Å². The Morgan fingerprint density at radius 1 is 1.48 bits per heavy atom. The second kappa shape index (κ2) is 5.95. The molecule has 110 valence electrons. The van der Waals surface area contributed by atoms with E-state index in [1.54, 1.807) is 0 Å². The Hall–Kier alpha value is -2.36. The summed E-state index contributed by atoms with van der Waals surface area (Å²) in [7, 11) is 0. The number of anilines is 1. The molecule has 1 aromatic heterocycles. The smallest absolute Gasteiger partial charge is 0.307 e. The van der Waals surface area contributed by atoms with Crippen molar-refractivity contribution in [2.75, 3.05) is 5.32 Å². The van der Waals surface area contributed by atoms with Crippen LogP contribution in [0.4, 0.5) is 20.2 Å². The molecule has 0 saturated heterocycles. The van der Waals surface area contributed by atoms with Crippen LogP contribution in [0.15, 0.2) is 29.0 Å². The molecule has 1 aromatic carbocycles. The van der Waals surface area contributed by atoms with Crippen molar-refractivity contribution in [3.63, 3.8) is 0 Å². The molecule has 2 aromatic rings. The van der Waals surface area contributed by atoms with Gasteiger partial charge in [0.15, 0.2) is 5.82 Å². The number of benzene rings is 1. The topological polar surface area (TPSA) is 90.1 Å². The van der Waals surface area contributed by atoms with E-state index < -0.39 is 22.5 Å². The fourth-order valence-corrected chi connectivity index (χ4v) is 2.03. The van der Waals surface area contributed by atoms with Crippen molar-refractivity contribution in [2.24, 2.45) is 0 Å². The summed E-state index contributed by atoms with van der Waals surface area (Å²) in [5.74, 6) is -2.40. The minimum atomic E-state index is -0.943. The number of halogens is 3. The first-order valence-corrected chi connectivity index (χ1v) is 6.27. The fourth-order valence-electron chi connectivity index (χ4n) is 1.52. The van der Waals surface area contributed by atoms with Crippen LogP contribution >= 0.6 is 15.9 Å². The van der Waals surface area contributed by atoms with Crippen LogP contribution in [0.25, 0.3) is 0 Å². The van der Waals surface area contributed by atoms with Crippen LogP contribution < -0.4 is 5.32 Å². The molecule has 0 bridgehead atoms. The number of carbonyl (C=O) groups excluding carboxylic acids is 1. The maximum absolute atomic E-state index is 13.5. The van der Waals surface area contributed by atoms with Gasteiger partial charge in [-0.15, -0.1) is 0 Å². The molecule has 0 atom stereocenters. The zero-order chi connectivity index (χ0) is 15.6. The lowest BCUT2D eigenvalue weighted by Crippen LogP contribution is -2.20. The van der Waals surface area contributed by atoms with Crippen molar-refractivity contribution in [1.29, 1.82) is 0 Å². The average Bonchev–Trinajstić information content (AvgIpc) is 2.82. The summed E-state index contributed by atoms with van der Waals surface area (Å²) >= 11 is 2.93. The summed E-state index contributed by atoms with van der Waals surface area (Å²) in [6.45, 7) is -0.350. The fraction of sp³-hybridized carbons (Fsp3) is 0.0909.